The predicted octanol–water partition coefficient (Wildman–Crippen LogP) is 3.12. The van der Waals surface area contributed by atoms with Crippen molar-refractivity contribution in [3.63, 3.8) is 0 Å². The fourth-order valence-electron chi connectivity index (χ4n) is 1.67. The molecule has 0 bridgehead atoms. The number of nitrogens with zero attached hydrogens (tertiary/aromatic N) is 1. The molecule has 1 N–H and O–H groups in total. The van der Waals surface area contributed by atoms with Gasteiger partial charge in [0.1, 0.15) is 0 Å². The van der Waals surface area contributed by atoms with Crippen LogP contribution in [0.25, 0.3) is 0 Å². The van der Waals surface area contributed by atoms with E-state index in [-0.39, 0.29) is 0 Å². The Morgan fingerprint density at radius 2 is 1.87 bits per heavy atom. The van der Waals surface area contributed by atoms with Gasteiger partial charge in [0.2, 0.25) is 0 Å². The lowest BCUT2D eigenvalue weighted by Crippen LogP contribution is -2.05. The lowest BCUT2D eigenvalue weighted by atomic mass is 10.3. The molecule has 1 aromatic carbocycles. The standard InChI is InChI=1S/C13H16N2/c1-2-15-10-6-9-13(15)11-14-12-7-4-3-5-8-12/h3-10,14H,2,11H2,1H3. The van der Waals surface area contributed by atoms with E-state index in [0.29, 0.717) is 0 Å². The van der Waals surface area contributed by atoms with Crippen molar-refractivity contribution >= 4 is 5.69 Å². The van der Waals surface area contributed by atoms with Crippen LogP contribution in [0.3, 0.4) is 0 Å². The molecule has 0 atom stereocenters. The quantitative estimate of drug-likeness (QED) is 0.802. The monoisotopic (exact) mass is 200 g/mol. The number of para-hydroxylation sites is 1. The van der Waals surface area contributed by atoms with Crippen molar-refractivity contribution in [1.29, 1.82) is 0 Å². The highest BCUT2D eigenvalue weighted by molar-refractivity contribution is 5.42. The Kier molecular flexibility index (Phi) is 3.08. The lowest BCUT2D eigenvalue weighted by molar-refractivity contribution is 0.724. The number of nitrogens with one attached hydrogen (secondary N) is 1. The number of rotatable bonds is 4. The van der Waals surface area contributed by atoms with Crippen molar-refractivity contribution in [2.24, 2.45) is 0 Å². The van der Waals surface area contributed by atoms with Crippen LogP contribution in [0, 0.1) is 0 Å². The topological polar surface area (TPSA) is 17.0 Å². The van der Waals surface area contributed by atoms with Gasteiger partial charge in [0, 0.05) is 24.1 Å². The molecule has 2 nitrogen and oxygen atoms in total. The van der Waals surface area contributed by atoms with Gasteiger partial charge in [-0.15, -0.1) is 0 Å². The molecule has 0 aliphatic rings. The van der Waals surface area contributed by atoms with Crippen LogP contribution in [0.5, 0.6) is 0 Å². The van der Waals surface area contributed by atoms with E-state index in [0.717, 1.165) is 13.1 Å². The van der Waals surface area contributed by atoms with Crippen LogP contribution in [0.4, 0.5) is 5.69 Å². The minimum absolute atomic E-state index is 0.880. The molecular formula is C13H16N2. The normalized spacial score (nSPS) is 10.2. The summed E-state index contributed by atoms with van der Waals surface area (Å²) in [6.45, 7) is 4.07. The van der Waals surface area contributed by atoms with Crippen molar-refractivity contribution in [3.8, 4) is 0 Å². The second-order valence-electron chi connectivity index (χ2n) is 3.51. The van der Waals surface area contributed by atoms with Gasteiger partial charge in [0.25, 0.3) is 0 Å². The third kappa shape index (κ3) is 2.40. The highest BCUT2D eigenvalue weighted by Crippen LogP contribution is 2.08. The summed E-state index contributed by atoms with van der Waals surface area (Å²) in [6.07, 6.45) is 2.11. The van der Waals surface area contributed by atoms with E-state index in [1.54, 1.807) is 0 Å². The van der Waals surface area contributed by atoms with Crippen LogP contribution in [-0.4, -0.2) is 4.57 Å². The van der Waals surface area contributed by atoms with E-state index in [1.807, 2.05) is 18.2 Å². The number of hydrogen-bond donors (Lipinski definition) is 1. The molecule has 0 unspecified atom stereocenters. The van der Waals surface area contributed by atoms with E-state index in [1.165, 1.54) is 11.4 Å². The third-order valence-corrected chi connectivity index (χ3v) is 2.51. The first-order valence-electron chi connectivity index (χ1n) is 5.33. The van der Waals surface area contributed by atoms with Crippen LogP contribution >= 0.6 is 0 Å². The highest BCUT2D eigenvalue weighted by atomic mass is 15.0. The van der Waals surface area contributed by atoms with Gasteiger partial charge in [-0.05, 0) is 31.2 Å². The molecule has 2 rings (SSSR count). The minimum atomic E-state index is 0.880. The van der Waals surface area contributed by atoms with Gasteiger partial charge in [-0.25, -0.2) is 0 Å². The molecule has 0 amide bonds. The molecule has 0 aliphatic heterocycles. The molecule has 78 valence electrons. The second kappa shape index (κ2) is 4.69. The zero-order valence-electron chi connectivity index (χ0n) is 8.98. The highest BCUT2D eigenvalue weighted by Gasteiger charge is 1.97. The SMILES string of the molecule is CCn1cccc1CNc1ccccc1. The van der Waals surface area contributed by atoms with Gasteiger partial charge < -0.3 is 9.88 Å². The fourth-order valence-corrected chi connectivity index (χ4v) is 1.67. The second-order valence-corrected chi connectivity index (χ2v) is 3.51. The molecule has 0 fully saturated rings. The molecule has 0 radical (unpaired) electrons. The first-order chi connectivity index (χ1) is 7.40. The number of benzene rings is 1. The number of aryl methyl sites for hydroxylation is 1. The van der Waals surface area contributed by atoms with Gasteiger partial charge in [-0.1, -0.05) is 18.2 Å². The molecule has 2 heteroatoms. The first kappa shape index (κ1) is 9.84. The van der Waals surface area contributed by atoms with Crippen LogP contribution in [0.15, 0.2) is 48.7 Å². The smallest absolute Gasteiger partial charge is 0.0553 e. The number of anilines is 1. The molecule has 15 heavy (non-hydrogen) atoms. The Bertz CT molecular complexity index is 403. The zero-order valence-corrected chi connectivity index (χ0v) is 8.98. The van der Waals surface area contributed by atoms with E-state index in [9.17, 15) is 0 Å². The van der Waals surface area contributed by atoms with Crippen LogP contribution in [0.1, 0.15) is 12.6 Å². The summed E-state index contributed by atoms with van der Waals surface area (Å²) in [5.41, 5.74) is 2.49. The maximum absolute atomic E-state index is 3.40. The maximum atomic E-state index is 3.40. The van der Waals surface area contributed by atoms with E-state index < -0.39 is 0 Å². The third-order valence-electron chi connectivity index (χ3n) is 2.51. The Labute approximate surface area is 90.6 Å². The summed E-state index contributed by atoms with van der Waals surface area (Å²) in [4.78, 5) is 0. The molecule has 0 saturated heterocycles. The van der Waals surface area contributed by atoms with Gasteiger partial charge in [0.15, 0.2) is 0 Å². The van der Waals surface area contributed by atoms with Gasteiger partial charge in [-0.2, -0.15) is 0 Å². The zero-order chi connectivity index (χ0) is 10.5. The average Bonchev–Trinajstić information content (AvgIpc) is 2.75. The van der Waals surface area contributed by atoms with E-state index >= 15 is 0 Å². The summed E-state index contributed by atoms with van der Waals surface area (Å²) in [7, 11) is 0. The lowest BCUT2D eigenvalue weighted by Gasteiger charge is -2.08. The van der Waals surface area contributed by atoms with Crippen molar-refractivity contribution in [1.82, 2.24) is 4.57 Å². The minimum Gasteiger partial charge on any atom is -0.379 e. The van der Waals surface area contributed by atoms with Crippen molar-refractivity contribution in [2.75, 3.05) is 5.32 Å². The Balaban J connectivity index is 1.99. The van der Waals surface area contributed by atoms with Gasteiger partial charge in [-0.3, -0.25) is 0 Å². The van der Waals surface area contributed by atoms with Crippen LogP contribution < -0.4 is 5.32 Å². The maximum Gasteiger partial charge on any atom is 0.0553 e. The molecule has 2 aromatic rings. The van der Waals surface area contributed by atoms with Crippen molar-refractivity contribution < 1.29 is 0 Å². The summed E-state index contributed by atoms with van der Waals surface area (Å²) >= 11 is 0. The first-order valence-corrected chi connectivity index (χ1v) is 5.33. The largest absolute Gasteiger partial charge is 0.379 e. The average molecular weight is 200 g/mol. The predicted molar refractivity (Wildman–Crippen MR) is 63.9 cm³/mol. The molecule has 1 aromatic heterocycles. The van der Waals surface area contributed by atoms with Crippen LogP contribution in [-0.2, 0) is 13.1 Å². The van der Waals surface area contributed by atoms with Crippen LogP contribution in [0.2, 0.25) is 0 Å². The fraction of sp³-hybridized carbons (Fsp3) is 0.231. The Hall–Kier alpha value is -1.70. The summed E-state index contributed by atoms with van der Waals surface area (Å²) < 4.78 is 2.25. The van der Waals surface area contributed by atoms with E-state index in [4.69, 9.17) is 0 Å². The van der Waals surface area contributed by atoms with Gasteiger partial charge >= 0.3 is 0 Å². The summed E-state index contributed by atoms with van der Waals surface area (Å²) in [5.74, 6) is 0. The molecule has 0 saturated carbocycles. The molecule has 0 aliphatic carbocycles. The Morgan fingerprint density at radius 3 is 2.60 bits per heavy atom. The summed E-state index contributed by atoms with van der Waals surface area (Å²) in [5, 5.41) is 3.40. The summed E-state index contributed by atoms with van der Waals surface area (Å²) in [6, 6.07) is 14.5. The molecule has 0 spiro atoms. The van der Waals surface area contributed by atoms with Crippen molar-refractivity contribution in [3.05, 3.63) is 54.4 Å². The van der Waals surface area contributed by atoms with Crippen molar-refractivity contribution in [2.45, 2.75) is 20.0 Å². The van der Waals surface area contributed by atoms with E-state index in [2.05, 4.69) is 47.3 Å². The number of hydrogen-bond acceptors (Lipinski definition) is 1. The Morgan fingerprint density at radius 1 is 1.07 bits per heavy atom. The molecular weight excluding hydrogens is 184 g/mol. The van der Waals surface area contributed by atoms with Gasteiger partial charge in [0.05, 0.1) is 6.54 Å². The number of aromatic nitrogens is 1. The molecule has 1 heterocycles.